The fourth-order valence-electron chi connectivity index (χ4n) is 3.37. The number of hydrogen-bond acceptors (Lipinski definition) is 6. The minimum absolute atomic E-state index is 0.0693. The molecule has 1 saturated carbocycles. The van der Waals surface area contributed by atoms with E-state index in [1.165, 1.54) is 4.57 Å². The minimum atomic E-state index is -0.856. The number of ether oxygens (including phenoxy) is 1. The number of nitriles is 1. The second-order valence-electron chi connectivity index (χ2n) is 6.70. The molecule has 8 nitrogen and oxygen atoms in total. The first-order valence-corrected chi connectivity index (χ1v) is 8.99. The quantitative estimate of drug-likeness (QED) is 0.775. The predicted molar refractivity (Wildman–Crippen MR) is 95.6 cm³/mol. The van der Waals surface area contributed by atoms with Crippen LogP contribution in [-0.4, -0.2) is 28.6 Å². The highest BCUT2D eigenvalue weighted by atomic mass is 16.5. The van der Waals surface area contributed by atoms with Crippen molar-refractivity contribution in [3.8, 4) is 6.07 Å². The summed E-state index contributed by atoms with van der Waals surface area (Å²) in [6.45, 7) is -0.346. The third kappa shape index (κ3) is 4.37. The van der Waals surface area contributed by atoms with Crippen LogP contribution in [0.1, 0.15) is 38.5 Å². The molecule has 1 N–H and O–H groups in total. The molecule has 8 heteroatoms. The standard InChI is InChI=1S/C19H21N3O5/c20-13-19(9-4-1-5-10-19)21-16(23)12-26-17(24)8-11-22-14-6-2-3-7-15(14)27-18(22)25/h2-3,6-7H,1,4-5,8-12H2,(H,21,23). The lowest BCUT2D eigenvalue weighted by Crippen LogP contribution is -2.50. The van der Waals surface area contributed by atoms with Gasteiger partial charge in [-0.2, -0.15) is 5.26 Å². The maximum atomic E-state index is 12.0. The van der Waals surface area contributed by atoms with Gasteiger partial charge in [0.1, 0.15) is 5.54 Å². The van der Waals surface area contributed by atoms with Crippen LogP contribution >= 0.6 is 0 Å². The van der Waals surface area contributed by atoms with E-state index >= 15 is 0 Å². The van der Waals surface area contributed by atoms with Gasteiger partial charge in [0.15, 0.2) is 12.2 Å². The van der Waals surface area contributed by atoms with Gasteiger partial charge >= 0.3 is 11.7 Å². The van der Waals surface area contributed by atoms with Crippen LogP contribution in [-0.2, 0) is 20.9 Å². The van der Waals surface area contributed by atoms with Crippen LogP contribution in [0.3, 0.4) is 0 Å². The summed E-state index contributed by atoms with van der Waals surface area (Å²) in [5.41, 5.74) is 0.191. The van der Waals surface area contributed by atoms with E-state index in [4.69, 9.17) is 9.15 Å². The number of rotatable bonds is 6. The predicted octanol–water partition coefficient (Wildman–Crippen LogP) is 1.87. The maximum absolute atomic E-state index is 12.0. The molecule has 1 aromatic heterocycles. The van der Waals surface area contributed by atoms with E-state index in [0.717, 1.165) is 19.3 Å². The van der Waals surface area contributed by atoms with E-state index in [1.807, 2.05) is 0 Å². The fourth-order valence-corrected chi connectivity index (χ4v) is 3.37. The Morgan fingerprint density at radius 1 is 1.26 bits per heavy atom. The lowest BCUT2D eigenvalue weighted by Gasteiger charge is -2.31. The maximum Gasteiger partial charge on any atom is 0.419 e. The van der Waals surface area contributed by atoms with Crippen LogP contribution in [0.15, 0.2) is 33.5 Å². The van der Waals surface area contributed by atoms with E-state index in [0.29, 0.717) is 23.9 Å². The van der Waals surface area contributed by atoms with Crippen molar-refractivity contribution in [2.45, 2.75) is 50.6 Å². The first kappa shape index (κ1) is 18.7. The Kier molecular flexibility index (Phi) is 5.60. The zero-order chi connectivity index (χ0) is 19.3. The lowest BCUT2D eigenvalue weighted by molar-refractivity contribution is -0.149. The van der Waals surface area contributed by atoms with E-state index < -0.39 is 29.8 Å². The van der Waals surface area contributed by atoms with Crippen molar-refractivity contribution in [3.63, 3.8) is 0 Å². The van der Waals surface area contributed by atoms with E-state index in [9.17, 15) is 19.6 Å². The molecular weight excluding hydrogens is 350 g/mol. The number of esters is 1. The van der Waals surface area contributed by atoms with Crippen molar-refractivity contribution in [2.24, 2.45) is 0 Å². The number of amides is 1. The number of para-hydroxylation sites is 2. The van der Waals surface area contributed by atoms with Gasteiger partial charge in [-0.1, -0.05) is 31.4 Å². The second-order valence-corrected chi connectivity index (χ2v) is 6.70. The van der Waals surface area contributed by atoms with Gasteiger partial charge in [-0.25, -0.2) is 4.79 Å². The Morgan fingerprint density at radius 3 is 2.74 bits per heavy atom. The molecule has 1 aliphatic rings. The number of aryl methyl sites for hydroxylation is 1. The van der Waals surface area contributed by atoms with Gasteiger partial charge in [0, 0.05) is 6.54 Å². The summed E-state index contributed by atoms with van der Waals surface area (Å²) in [7, 11) is 0. The Balaban J connectivity index is 1.49. The summed E-state index contributed by atoms with van der Waals surface area (Å²) < 4.78 is 11.4. The van der Waals surface area contributed by atoms with Crippen LogP contribution in [0.25, 0.3) is 11.1 Å². The van der Waals surface area contributed by atoms with Crippen LogP contribution in [0.5, 0.6) is 0 Å². The van der Waals surface area contributed by atoms with E-state index in [2.05, 4.69) is 11.4 Å². The zero-order valence-electron chi connectivity index (χ0n) is 14.9. The summed E-state index contributed by atoms with van der Waals surface area (Å²) in [5, 5.41) is 12.0. The molecule has 2 aromatic rings. The normalized spacial score (nSPS) is 15.8. The molecular formula is C19H21N3O5. The molecule has 1 amide bonds. The van der Waals surface area contributed by atoms with Gasteiger partial charge in [0.05, 0.1) is 18.0 Å². The smallest absolute Gasteiger partial charge is 0.419 e. The fraction of sp³-hybridized carbons (Fsp3) is 0.474. The molecule has 1 aromatic carbocycles. The minimum Gasteiger partial charge on any atom is -0.456 e. The second kappa shape index (κ2) is 8.08. The van der Waals surface area contributed by atoms with E-state index in [1.54, 1.807) is 24.3 Å². The molecule has 3 rings (SSSR count). The average Bonchev–Trinajstić information content (AvgIpc) is 3.00. The molecule has 1 aliphatic carbocycles. The van der Waals surface area contributed by atoms with Crippen molar-refractivity contribution < 1.29 is 18.7 Å². The third-order valence-corrected chi connectivity index (χ3v) is 4.78. The molecule has 0 aliphatic heterocycles. The van der Waals surface area contributed by atoms with Gasteiger partial charge in [0.25, 0.3) is 5.91 Å². The van der Waals surface area contributed by atoms with Gasteiger partial charge in [-0.15, -0.1) is 0 Å². The number of benzene rings is 1. The summed E-state index contributed by atoms with van der Waals surface area (Å²) in [5.74, 6) is -1.63. The highest BCUT2D eigenvalue weighted by Gasteiger charge is 2.33. The molecule has 0 saturated heterocycles. The van der Waals surface area contributed by atoms with Crippen LogP contribution in [0, 0.1) is 11.3 Å². The van der Waals surface area contributed by atoms with Gasteiger partial charge in [-0.05, 0) is 25.0 Å². The van der Waals surface area contributed by atoms with Crippen molar-refractivity contribution >= 4 is 23.0 Å². The van der Waals surface area contributed by atoms with Crippen molar-refractivity contribution in [1.29, 1.82) is 5.26 Å². The van der Waals surface area contributed by atoms with Crippen molar-refractivity contribution in [2.75, 3.05) is 6.61 Å². The number of carbonyl (C=O) groups is 2. The Bertz CT molecular complexity index is 931. The Hall–Kier alpha value is -3.08. The summed E-state index contributed by atoms with van der Waals surface area (Å²) in [4.78, 5) is 35.8. The summed E-state index contributed by atoms with van der Waals surface area (Å²) in [6.07, 6.45) is 3.98. The van der Waals surface area contributed by atoms with Crippen molar-refractivity contribution in [1.82, 2.24) is 9.88 Å². The molecule has 0 atom stereocenters. The molecule has 0 bridgehead atoms. The molecule has 142 valence electrons. The van der Waals surface area contributed by atoms with Gasteiger partial charge in [-0.3, -0.25) is 14.2 Å². The van der Waals surface area contributed by atoms with E-state index in [-0.39, 0.29) is 13.0 Å². The first-order chi connectivity index (χ1) is 13.0. The molecule has 0 radical (unpaired) electrons. The Labute approximate surface area is 155 Å². The molecule has 27 heavy (non-hydrogen) atoms. The molecule has 0 spiro atoms. The van der Waals surface area contributed by atoms with Crippen LogP contribution < -0.4 is 11.1 Å². The molecule has 1 fully saturated rings. The number of hydrogen-bond donors (Lipinski definition) is 1. The van der Waals surface area contributed by atoms with Gasteiger partial charge < -0.3 is 14.5 Å². The first-order valence-electron chi connectivity index (χ1n) is 8.99. The molecule has 0 unspecified atom stereocenters. The SMILES string of the molecule is N#CC1(NC(=O)COC(=O)CCn2c(=O)oc3ccccc32)CCCCC1. The number of fused-ring (bicyclic) bond motifs is 1. The van der Waals surface area contributed by atoms with Crippen LogP contribution in [0.2, 0.25) is 0 Å². The number of oxazole rings is 1. The molecule has 1 heterocycles. The van der Waals surface area contributed by atoms with Crippen molar-refractivity contribution in [3.05, 3.63) is 34.8 Å². The Morgan fingerprint density at radius 2 is 2.00 bits per heavy atom. The number of nitrogens with zero attached hydrogens (tertiary/aromatic N) is 2. The zero-order valence-corrected chi connectivity index (χ0v) is 14.9. The van der Waals surface area contributed by atoms with Gasteiger partial charge in [0.2, 0.25) is 0 Å². The third-order valence-electron chi connectivity index (χ3n) is 4.78. The lowest BCUT2D eigenvalue weighted by atomic mass is 9.83. The average molecular weight is 371 g/mol. The number of carbonyl (C=O) groups excluding carboxylic acids is 2. The highest BCUT2D eigenvalue weighted by Crippen LogP contribution is 2.27. The number of aromatic nitrogens is 1. The summed E-state index contributed by atoms with van der Waals surface area (Å²) in [6, 6.07) is 9.10. The van der Waals surface area contributed by atoms with Crippen LogP contribution in [0.4, 0.5) is 0 Å². The highest BCUT2D eigenvalue weighted by molar-refractivity contribution is 5.81. The monoisotopic (exact) mass is 371 g/mol. The topological polar surface area (TPSA) is 114 Å². The summed E-state index contributed by atoms with van der Waals surface area (Å²) >= 11 is 0. The largest absolute Gasteiger partial charge is 0.456 e. The number of nitrogens with one attached hydrogen (secondary N) is 1.